The van der Waals surface area contributed by atoms with Crippen LogP contribution in [0.2, 0.25) is 5.02 Å². The van der Waals surface area contributed by atoms with Crippen molar-refractivity contribution in [3.05, 3.63) is 52.5 Å². The summed E-state index contributed by atoms with van der Waals surface area (Å²) in [5.74, 6) is 0.942. The van der Waals surface area contributed by atoms with E-state index in [-0.39, 0.29) is 11.7 Å². The molecule has 0 saturated heterocycles. The van der Waals surface area contributed by atoms with Crippen molar-refractivity contribution in [2.75, 3.05) is 13.7 Å². The SMILES string of the molecule is COc1cc(/C=N/NC(=O)CCCOc2ccc(Cl)cc2C)ccc1O. The highest BCUT2D eigenvalue weighted by atomic mass is 35.5. The third-order valence-electron chi connectivity index (χ3n) is 3.55. The van der Waals surface area contributed by atoms with E-state index in [0.29, 0.717) is 35.8 Å². The van der Waals surface area contributed by atoms with Crippen molar-refractivity contribution in [2.45, 2.75) is 19.8 Å². The Morgan fingerprint density at radius 2 is 2.08 bits per heavy atom. The number of ether oxygens (including phenoxy) is 2. The zero-order valence-electron chi connectivity index (χ0n) is 14.7. The third kappa shape index (κ3) is 5.97. The number of carbonyl (C=O) groups is 1. The fourth-order valence-electron chi connectivity index (χ4n) is 2.20. The minimum atomic E-state index is -0.205. The van der Waals surface area contributed by atoms with Gasteiger partial charge in [0.1, 0.15) is 5.75 Å². The van der Waals surface area contributed by atoms with Crippen LogP contribution in [0.25, 0.3) is 0 Å². The van der Waals surface area contributed by atoms with Gasteiger partial charge in [0.15, 0.2) is 11.5 Å². The Kier molecular flexibility index (Phi) is 7.29. The minimum Gasteiger partial charge on any atom is -0.504 e. The first kappa shape index (κ1) is 19.6. The fraction of sp³-hybridized carbons (Fsp3) is 0.263. The van der Waals surface area contributed by atoms with Crippen LogP contribution in [-0.4, -0.2) is 30.9 Å². The first-order valence-corrected chi connectivity index (χ1v) is 8.45. The summed E-state index contributed by atoms with van der Waals surface area (Å²) in [6.07, 6.45) is 2.34. The van der Waals surface area contributed by atoms with Crippen molar-refractivity contribution >= 4 is 23.7 Å². The van der Waals surface area contributed by atoms with E-state index in [1.165, 1.54) is 19.4 Å². The molecule has 2 aromatic carbocycles. The highest BCUT2D eigenvalue weighted by molar-refractivity contribution is 6.30. The predicted molar refractivity (Wildman–Crippen MR) is 101 cm³/mol. The summed E-state index contributed by atoms with van der Waals surface area (Å²) in [6.45, 7) is 2.34. The molecule has 26 heavy (non-hydrogen) atoms. The highest BCUT2D eigenvalue weighted by Crippen LogP contribution is 2.25. The number of carbonyl (C=O) groups excluding carboxylic acids is 1. The van der Waals surface area contributed by atoms with Crippen molar-refractivity contribution in [3.63, 3.8) is 0 Å². The van der Waals surface area contributed by atoms with Crippen molar-refractivity contribution in [3.8, 4) is 17.2 Å². The van der Waals surface area contributed by atoms with E-state index in [4.69, 9.17) is 21.1 Å². The lowest BCUT2D eigenvalue weighted by Gasteiger charge is -2.08. The van der Waals surface area contributed by atoms with E-state index in [1.807, 2.05) is 19.1 Å². The average Bonchev–Trinajstić information content (AvgIpc) is 2.61. The molecule has 0 spiro atoms. The van der Waals surface area contributed by atoms with E-state index >= 15 is 0 Å². The second-order valence-corrected chi connectivity index (χ2v) is 6.02. The number of aromatic hydroxyl groups is 1. The zero-order chi connectivity index (χ0) is 18.9. The number of hydrogen-bond donors (Lipinski definition) is 2. The Morgan fingerprint density at radius 3 is 2.81 bits per heavy atom. The van der Waals surface area contributed by atoms with Crippen LogP contribution in [0.15, 0.2) is 41.5 Å². The van der Waals surface area contributed by atoms with Gasteiger partial charge in [-0.3, -0.25) is 4.79 Å². The van der Waals surface area contributed by atoms with Crippen molar-refractivity contribution < 1.29 is 19.4 Å². The molecular formula is C19H21ClN2O4. The van der Waals surface area contributed by atoms with Crippen LogP contribution >= 0.6 is 11.6 Å². The summed E-state index contributed by atoms with van der Waals surface area (Å²) in [5.41, 5.74) is 4.11. The summed E-state index contributed by atoms with van der Waals surface area (Å²) in [6, 6.07) is 10.2. The van der Waals surface area contributed by atoms with Crippen LogP contribution in [0.3, 0.4) is 0 Å². The average molecular weight is 377 g/mol. The van der Waals surface area contributed by atoms with Gasteiger partial charge in [0, 0.05) is 11.4 Å². The van der Waals surface area contributed by atoms with Gasteiger partial charge in [0.05, 0.1) is 19.9 Å². The number of halogens is 1. The number of phenolic OH excluding ortho intramolecular Hbond substituents is 1. The maximum atomic E-state index is 11.8. The molecular weight excluding hydrogens is 356 g/mol. The Morgan fingerprint density at radius 1 is 1.27 bits per heavy atom. The Bertz CT molecular complexity index is 793. The summed E-state index contributed by atoms with van der Waals surface area (Å²) >= 11 is 5.90. The maximum absolute atomic E-state index is 11.8. The minimum absolute atomic E-state index is 0.0459. The molecule has 0 atom stereocenters. The van der Waals surface area contributed by atoms with Crippen LogP contribution in [-0.2, 0) is 4.79 Å². The first-order valence-electron chi connectivity index (χ1n) is 8.07. The standard InChI is InChI=1S/C19H21ClN2O4/c1-13-10-15(20)6-8-17(13)26-9-3-4-19(24)22-21-12-14-5-7-16(23)18(11-14)25-2/h5-8,10-12,23H,3-4,9H2,1-2H3,(H,22,24)/b21-12+. The van der Waals surface area contributed by atoms with Gasteiger partial charge in [0.25, 0.3) is 0 Å². The topological polar surface area (TPSA) is 80.2 Å². The van der Waals surface area contributed by atoms with E-state index < -0.39 is 0 Å². The molecule has 0 unspecified atom stereocenters. The molecule has 0 heterocycles. The molecule has 0 aliphatic heterocycles. The smallest absolute Gasteiger partial charge is 0.240 e. The molecule has 2 aromatic rings. The fourth-order valence-corrected chi connectivity index (χ4v) is 2.43. The normalized spacial score (nSPS) is 10.7. The largest absolute Gasteiger partial charge is 0.504 e. The van der Waals surface area contributed by atoms with Gasteiger partial charge in [-0.25, -0.2) is 5.43 Å². The summed E-state index contributed by atoms with van der Waals surface area (Å²) in [7, 11) is 1.46. The lowest BCUT2D eigenvalue weighted by molar-refractivity contribution is -0.121. The molecule has 2 N–H and O–H groups in total. The van der Waals surface area contributed by atoms with Crippen molar-refractivity contribution in [2.24, 2.45) is 5.10 Å². The zero-order valence-corrected chi connectivity index (χ0v) is 15.4. The number of hydrogen-bond acceptors (Lipinski definition) is 5. The van der Waals surface area contributed by atoms with E-state index in [2.05, 4.69) is 10.5 Å². The molecule has 0 radical (unpaired) electrons. The molecule has 0 bridgehead atoms. The van der Waals surface area contributed by atoms with Crippen LogP contribution in [0, 0.1) is 6.92 Å². The third-order valence-corrected chi connectivity index (χ3v) is 3.78. The van der Waals surface area contributed by atoms with Crippen LogP contribution in [0.4, 0.5) is 0 Å². The Balaban J connectivity index is 1.72. The van der Waals surface area contributed by atoms with E-state index in [1.54, 1.807) is 18.2 Å². The van der Waals surface area contributed by atoms with Gasteiger partial charge in [-0.2, -0.15) is 5.10 Å². The summed E-state index contributed by atoms with van der Waals surface area (Å²) < 4.78 is 10.6. The van der Waals surface area contributed by atoms with Gasteiger partial charge in [0.2, 0.25) is 5.91 Å². The summed E-state index contributed by atoms with van der Waals surface area (Å²) in [5, 5.41) is 14.1. The van der Waals surface area contributed by atoms with Crippen LogP contribution in [0.1, 0.15) is 24.0 Å². The molecule has 6 nitrogen and oxygen atoms in total. The lowest BCUT2D eigenvalue weighted by Crippen LogP contribution is -2.18. The Labute approximate surface area is 157 Å². The number of rotatable bonds is 8. The number of benzene rings is 2. The molecule has 138 valence electrons. The number of amides is 1. The van der Waals surface area contributed by atoms with E-state index in [0.717, 1.165) is 11.3 Å². The maximum Gasteiger partial charge on any atom is 0.240 e. The van der Waals surface area contributed by atoms with Crippen LogP contribution < -0.4 is 14.9 Å². The van der Waals surface area contributed by atoms with Gasteiger partial charge < -0.3 is 14.6 Å². The Hall–Kier alpha value is -2.73. The number of methoxy groups -OCH3 is 1. The molecule has 0 aliphatic carbocycles. The lowest BCUT2D eigenvalue weighted by atomic mass is 10.2. The number of phenols is 1. The van der Waals surface area contributed by atoms with Crippen LogP contribution in [0.5, 0.6) is 17.2 Å². The predicted octanol–water partition coefficient (Wildman–Crippen LogP) is 3.67. The van der Waals surface area contributed by atoms with E-state index in [9.17, 15) is 9.90 Å². The number of nitrogens with zero attached hydrogens (tertiary/aromatic N) is 1. The highest BCUT2D eigenvalue weighted by Gasteiger charge is 2.04. The molecule has 2 rings (SSSR count). The molecule has 0 aliphatic rings. The number of hydrazone groups is 1. The second-order valence-electron chi connectivity index (χ2n) is 5.59. The van der Waals surface area contributed by atoms with Gasteiger partial charge in [-0.15, -0.1) is 0 Å². The number of nitrogens with one attached hydrogen (secondary N) is 1. The van der Waals surface area contributed by atoms with Gasteiger partial charge in [-0.05, 0) is 60.9 Å². The van der Waals surface area contributed by atoms with Crippen molar-refractivity contribution in [1.82, 2.24) is 5.43 Å². The molecule has 0 aromatic heterocycles. The molecule has 7 heteroatoms. The van der Waals surface area contributed by atoms with Gasteiger partial charge >= 0.3 is 0 Å². The molecule has 1 amide bonds. The quantitative estimate of drug-likeness (QED) is 0.418. The van der Waals surface area contributed by atoms with Crippen molar-refractivity contribution in [1.29, 1.82) is 0 Å². The monoisotopic (exact) mass is 376 g/mol. The second kappa shape index (κ2) is 9.68. The molecule has 0 saturated carbocycles. The number of aryl methyl sites for hydroxylation is 1. The summed E-state index contributed by atoms with van der Waals surface area (Å²) in [4.78, 5) is 11.8. The first-order chi connectivity index (χ1) is 12.5. The van der Waals surface area contributed by atoms with Gasteiger partial charge in [-0.1, -0.05) is 11.6 Å². The molecule has 0 fully saturated rings.